The highest BCUT2D eigenvalue weighted by Crippen LogP contribution is 2.41. The molecule has 4 nitrogen and oxygen atoms in total. The van der Waals surface area contributed by atoms with Crippen molar-refractivity contribution in [2.24, 2.45) is 0 Å². The summed E-state index contributed by atoms with van der Waals surface area (Å²) in [5.41, 5.74) is 9.25. The fraction of sp³-hybridized carbons (Fsp3) is 0.233. The van der Waals surface area contributed by atoms with E-state index in [1.807, 2.05) is 38.3 Å². The SMILES string of the molecule is COc1c(/C(C)=C/C(=O)NCCc2ccccc2)cc2c(-c3ccc(C)cc3C)coc2c1C. The summed E-state index contributed by atoms with van der Waals surface area (Å²) in [4.78, 5) is 12.6. The van der Waals surface area contributed by atoms with E-state index < -0.39 is 0 Å². The molecule has 4 rings (SSSR count). The van der Waals surface area contributed by atoms with Crippen LogP contribution < -0.4 is 10.1 Å². The van der Waals surface area contributed by atoms with E-state index >= 15 is 0 Å². The van der Waals surface area contributed by atoms with Gasteiger partial charge in [0.2, 0.25) is 5.91 Å². The third-order valence-corrected chi connectivity index (χ3v) is 6.25. The van der Waals surface area contributed by atoms with Crippen molar-refractivity contribution in [3.8, 4) is 16.9 Å². The molecule has 1 heterocycles. The van der Waals surface area contributed by atoms with Gasteiger partial charge in [-0.2, -0.15) is 0 Å². The number of furan rings is 1. The fourth-order valence-electron chi connectivity index (χ4n) is 4.50. The van der Waals surface area contributed by atoms with Gasteiger partial charge in [-0.05, 0) is 62.4 Å². The van der Waals surface area contributed by atoms with Crippen molar-refractivity contribution in [2.75, 3.05) is 13.7 Å². The largest absolute Gasteiger partial charge is 0.496 e. The lowest BCUT2D eigenvalue weighted by molar-refractivity contribution is -0.116. The van der Waals surface area contributed by atoms with E-state index in [2.05, 4.69) is 55.6 Å². The topological polar surface area (TPSA) is 51.5 Å². The van der Waals surface area contributed by atoms with Crippen LogP contribution in [0.3, 0.4) is 0 Å². The van der Waals surface area contributed by atoms with Crippen LogP contribution in [-0.2, 0) is 11.2 Å². The van der Waals surface area contributed by atoms with Gasteiger partial charge in [0.1, 0.15) is 11.3 Å². The van der Waals surface area contributed by atoms with Gasteiger partial charge in [0.25, 0.3) is 0 Å². The molecule has 0 unspecified atom stereocenters. The highest BCUT2D eigenvalue weighted by molar-refractivity contribution is 6.02. The van der Waals surface area contributed by atoms with Crippen molar-refractivity contribution in [1.29, 1.82) is 0 Å². The summed E-state index contributed by atoms with van der Waals surface area (Å²) in [6, 6.07) is 18.6. The molecule has 0 radical (unpaired) electrons. The zero-order valence-electron chi connectivity index (χ0n) is 20.5. The Kier molecular flexibility index (Phi) is 6.87. The maximum Gasteiger partial charge on any atom is 0.244 e. The second kappa shape index (κ2) is 10.0. The predicted octanol–water partition coefficient (Wildman–Crippen LogP) is 6.80. The van der Waals surface area contributed by atoms with Crippen LogP contribution in [0.4, 0.5) is 0 Å². The number of fused-ring (bicyclic) bond motifs is 1. The summed E-state index contributed by atoms with van der Waals surface area (Å²) in [5.74, 6) is 0.606. The highest BCUT2D eigenvalue weighted by atomic mass is 16.5. The maximum absolute atomic E-state index is 12.6. The molecule has 1 amide bonds. The van der Waals surface area contributed by atoms with Crippen LogP contribution in [0, 0.1) is 20.8 Å². The zero-order valence-corrected chi connectivity index (χ0v) is 20.5. The van der Waals surface area contributed by atoms with Gasteiger partial charge in [-0.15, -0.1) is 0 Å². The summed E-state index contributed by atoms with van der Waals surface area (Å²) in [6.45, 7) is 8.73. The van der Waals surface area contributed by atoms with Gasteiger partial charge in [-0.3, -0.25) is 4.79 Å². The first kappa shape index (κ1) is 23.4. The molecule has 1 N–H and O–H groups in total. The lowest BCUT2D eigenvalue weighted by Gasteiger charge is -2.14. The van der Waals surface area contributed by atoms with Crippen molar-refractivity contribution in [3.05, 3.63) is 94.8 Å². The van der Waals surface area contributed by atoms with E-state index in [1.165, 1.54) is 16.7 Å². The van der Waals surface area contributed by atoms with Gasteiger partial charge in [0.15, 0.2) is 0 Å². The van der Waals surface area contributed by atoms with Gasteiger partial charge < -0.3 is 14.5 Å². The molecule has 0 aliphatic carbocycles. The van der Waals surface area contributed by atoms with Crippen LogP contribution >= 0.6 is 0 Å². The number of aryl methyl sites for hydroxylation is 3. The number of hydrogen-bond acceptors (Lipinski definition) is 3. The molecule has 0 atom stereocenters. The standard InChI is InChI=1S/C30H31NO3/c1-19-11-12-24(20(2)15-19)27-18-34-30-22(4)29(33-5)25(17-26(27)30)21(3)16-28(32)31-14-13-23-9-7-6-8-10-23/h6-12,15-18H,13-14H2,1-5H3,(H,31,32)/b21-16+. The van der Waals surface area contributed by atoms with Crippen LogP contribution in [-0.4, -0.2) is 19.6 Å². The molecule has 0 bridgehead atoms. The average molecular weight is 454 g/mol. The number of carbonyl (C=O) groups excluding carboxylic acids is 1. The lowest BCUT2D eigenvalue weighted by atomic mass is 9.94. The van der Waals surface area contributed by atoms with Crippen LogP contribution in [0.2, 0.25) is 0 Å². The molecule has 34 heavy (non-hydrogen) atoms. The Morgan fingerprint density at radius 1 is 1.03 bits per heavy atom. The number of benzene rings is 3. The van der Waals surface area contributed by atoms with E-state index in [4.69, 9.17) is 9.15 Å². The number of amides is 1. The molecule has 0 aliphatic rings. The Labute approximate surface area is 201 Å². The molecule has 3 aromatic carbocycles. The van der Waals surface area contributed by atoms with E-state index in [0.29, 0.717) is 6.54 Å². The van der Waals surface area contributed by atoms with Gasteiger partial charge in [-0.25, -0.2) is 0 Å². The summed E-state index contributed by atoms with van der Waals surface area (Å²) in [5, 5.41) is 4.00. The Bertz CT molecular complexity index is 1360. The number of rotatable bonds is 7. The Morgan fingerprint density at radius 2 is 1.79 bits per heavy atom. The number of allylic oxidation sites excluding steroid dienone is 1. The smallest absolute Gasteiger partial charge is 0.244 e. The lowest BCUT2D eigenvalue weighted by Crippen LogP contribution is -2.23. The van der Waals surface area contributed by atoms with Gasteiger partial charge in [0, 0.05) is 34.7 Å². The van der Waals surface area contributed by atoms with Crippen molar-refractivity contribution in [3.63, 3.8) is 0 Å². The quantitative estimate of drug-likeness (QED) is 0.313. The third kappa shape index (κ3) is 4.76. The minimum absolute atomic E-state index is 0.116. The second-order valence-electron chi connectivity index (χ2n) is 8.78. The second-order valence-corrected chi connectivity index (χ2v) is 8.78. The molecule has 0 spiro atoms. The monoisotopic (exact) mass is 453 g/mol. The van der Waals surface area contributed by atoms with Crippen molar-refractivity contribution in [1.82, 2.24) is 5.32 Å². The molecule has 1 aromatic heterocycles. The summed E-state index contributed by atoms with van der Waals surface area (Å²) < 4.78 is 11.7. The van der Waals surface area contributed by atoms with Crippen LogP contribution in [0.15, 0.2) is 71.4 Å². The van der Waals surface area contributed by atoms with Crippen molar-refractivity contribution in [2.45, 2.75) is 34.1 Å². The minimum atomic E-state index is -0.116. The summed E-state index contributed by atoms with van der Waals surface area (Å²) in [6.07, 6.45) is 4.25. The average Bonchev–Trinajstić information content (AvgIpc) is 3.23. The van der Waals surface area contributed by atoms with Crippen molar-refractivity contribution >= 4 is 22.4 Å². The van der Waals surface area contributed by atoms with Crippen LogP contribution in [0.5, 0.6) is 5.75 Å². The summed E-state index contributed by atoms with van der Waals surface area (Å²) in [7, 11) is 1.65. The molecule has 4 aromatic rings. The number of nitrogens with one attached hydrogen (secondary N) is 1. The first-order chi connectivity index (χ1) is 16.4. The van der Waals surface area contributed by atoms with E-state index in [-0.39, 0.29) is 5.91 Å². The maximum atomic E-state index is 12.6. The van der Waals surface area contributed by atoms with Gasteiger partial charge in [0.05, 0.1) is 13.4 Å². The minimum Gasteiger partial charge on any atom is -0.496 e. The molecule has 0 fully saturated rings. The molecule has 0 aliphatic heterocycles. The Morgan fingerprint density at radius 3 is 2.50 bits per heavy atom. The van der Waals surface area contributed by atoms with E-state index in [0.717, 1.165) is 51.0 Å². The number of carbonyl (C=O) groups is 1. The molecule has 0 saturated heterocycles. The number of hydrogen-bond donors (Lipinski definition) is 1. The number of methoxy groups -OCH3 is 1. The van der Waals surface area contributed by atoms with Gasteiger partial charge in [-0.1, -0.05) is 54.1 Å². The predicted molar refractivity (Wildman–Crippen MR) is 139 cm³/mol. The first-order valence-corrected chi connectivity index (χ1v) is 11.6. The van der Waals surface area contributed by atoms with Gasteiger partial charge >= 0.3 is 0 Å². The molecular formula is C30H31NO3. The molecular weight excluding hydrogens is 422 g/mol. The molecule has 174 valence electrons. The Hall–Kier alpha value is -3.79. The third-order valence-electron chi connectivity index (χ3n) is 6.25. The first-order valence-electron chi connectivity index (χ1n) is 11.6. The van der Waals surface area contributed by atoms with Crippen LogP contribution in [0.1, 0.15) is 34.7 Å². The van der Waals surface area contributed by atoms with E-state index in [9.17, 15) is 4.79 Å². The normalized spacial score (nSPS) is 11.6. The zero-order chi connectivity index (χ0) is 24.2. The van der Waals surface area contributed by atoms with Crippen LogP contribution in [0.25, 0.3) is 27.7 Å². The highest BCUT2D eigenvalue weighted by Gasteiger charge is 2.19. The van der Waals surface area contributed by atoms with E-state index in [1.54, 1.807) is 13.2 Å². The fourth-order valence-corrected chi connectivity index (χ4v) is 4.50. The van der Waals surface area contributed by atoms with Crippen molar-refractivity contribution < 1.29 is 13.9 Å². The Balaban J connectivity index is 1.66. The molecule has 0 saturated carbocycles. The number of ether oxygens (including phenoxy) is 1. The summed E-state index contributed by atoms with van der Waals surface area (Å²) >= 11 is 0. The molecule has 4 heteroatoms.